The van der Waals surface area contributed by atoms with Gasteiger partial charge in [-0.25, -0.2) is 15.0 Å². The monoisotopic (exact) mass is 294 g/mol. The molecule has 1 aliphatic heterocycles. The van der Waals surface area contributed by atoms with E-state index in [2.05, 4.69) is 15.0 Å². The zero-order valence-electron chi connectivity index (χ0n) is 11.9. The van der Waals surface area contributed by atoms with Gasteiger partial charge < -0.3 is 25.7 Å². The summed E-state index contributed by atoms with van der Waals surface area (Å²) in [7, 11) is 3.27. The van der Waals surface area contributed by atoms with E-state index >= 15 is 0 Å². The molecule has 0 amide bonds. The van der Waals surface area contributed by atoms with Crippen LogP contribution in [0.4, 0.5) is 11.8 Å². The average molecular weight is 294 g/mol. The minimum absolute atomic E-state index is 0.0778. The number of hydrogen-bond donors (Lipinski definition) is 2. The molecule has 4 N–H and O–H groups in total. The maximum absolute atomic E-state index is 5.98. The smallest absolute Gasteiger partial charge is 0.204 e. The molecule has 0 spiro atoms. The number of anilines is 2. The Morgan fingerprint density at radius 1 is 1.38 bits per heavy atom. The third-order valence-electron chi connectivity index (χ3n) is 3.63. The molecular weight excluding hydrogens is 276 g/mol. The van der Waals surface area contributed by atoms with Gasteiger partial charge >= 0.3 is 0 Å². The summed E-state index contributed by atoms with van der Waals surface area (Å²) in [6.45, 7) is 0.443. The summed E-state index contributed by atoms with van der Waals surface area (Å²) in [5.41, 5.74) is 12.8. The van der Waals surface area contributed by atoms with Gasteiger partial charge in [-0.3, -0.25) is 4.57 Å². The molecule has 1 aliphatic rings. The van der Waals surface area contributed by atoms with Crippen molar-refractivity contribution in [3.63, 3.8) is 0 Å². The van der Waals surface area contributed by atoms with Crippen LogP contribution in [0.25, 0.3) is 11.2 Å². The maximum Gasteiger partial charge on any atom is 0.204 e. The summed E-state index contributed by atoms with van der Waals surface area (Å²) in [6.07, 6.45) is 1.44. The highest BCUT2D eigenvalue weighted by Gasteiger charge is 2.38. The van der Waals surface area contributed by atoms with Gasteiger partial charge in [0.1, 0.15) is 18.7 Å². The van der Waals surface area contributed by atoms with Crippen molar-refractivity contribution in [1.29, 1.82) is 0 Å². The van der Waals surface area contributed by atoms with E-state index in [1.54, 1.807) is 18.8 Å². The van der Waals surface area contributed by atoms with Crippen LogP contribution in [0.5, 0.6) is 0 Å². The highest BCUT2D eigenvalue weighted by Crippen LogP contribution is 2.34. The molecule has 3 heterocycles. The SMILES string of the molecule is COC[C@H]1O[C@@H](n2c(N)nc3c(N)ncnc32)CC1OC. The number of imidazole rings is 1. The number of ether oxygens (including phenoxy) is 3. The Bertz CT molecular complexity index is 645. The normalized spacial score (nSPS) is 25.7. The van der Waals surface area contributed by atoms with Crippen molar-refractivity contribution in [2.24, 2.45) is 0 Å². The number of rotatable bonds is 4. The number of hydrogen-bond acceptors (Lipinski definition) is 8. The Morgan fingerprint density at radius 2 is 2.19 bits per heavy atom. The standard InChI is InChI=1S/C12H18N6O3/c1-19-4-7-6(20-2)3-8(21-7)18-11-9(17-12(18)14)10(13)15-5-16-11/h5-8H,3-4H2,1-2H3,(H2,14,17)(H2,13,15,16)/t6?,7-,8-/m1/s1. The van der Waals surface area contributed by atoms with E-state index in [-0.39, 0.29) is 24.4 Å². The van der Waals surface area contributed by atoms with Crippen molar-refractivity contribution in [3.05, 3.63) is 6.33 Å². The predicted octanol–water partition coefficient (Wildman–Crippen LogP) is -0.0604. The molecule has 0 bridgehead atoms. The van der Waals surface area contributed by atoms with Crippen molar-refractivity contribution in [2.75, 3.05) is 32.3 Å². The van der Waals surface area contributed by atoms with Crippen LogP contribution in [-0.4, -0.2) is 52.6 Å². The van der Waals surface area contributed by atoms with Gasteiger partial charge in [-0.2, -0.15) is 0 Å². The van der Waals surface area contributed by atoms with E-state index < -0.39 is 0 Å². The lowest BCUT2D eigenvalue weighted by Crippen LogP contribution is -2.27. The van der Waals surface area contributed by atoms with E-state index in [1.807, 2.05) is 0 Å². The molecule has 0 aromatic carbocycles. The van der Waals surface area contributed by atoms with Gasteiger partial charge in [0, 0.05) is 20.6 Å². The molecule has 3 rings (SSSR count). The fourth-order valence-corrected chi connectivity index (χ4v) is 2.65. The zero-order valence-corrected chi connectivity index (χ0v) is 11.9. The third-order valence-corrected chi connectivity index (χ3v) is 3.63. The summed E-state index contributed by atoms with van der Waals surface area (Å²) in [5, 5.41) is 0. The Kier molecular flexibility index (Phi) is 3.62. The lowest BCUT2D eigenvalue weighted by Gasteiger charge is -2.16. The third kappa shape index (κ3) is 2.28. The van der Waals surface area contributed by atoms with Crippen LogP contribution in [0.3, 0.4) is 0 Å². The van der Waals surface area contributed by atoms with Gasteiger partial charge in [0.05, 0.1) is 12.7 Å². The van der Waals surface area contributed by atoms with Crippen LogP contribution in [0.1, 0.15) is 12.6 Å². The van der Waals surface area contributed by atoms with Gasteiger partial charge in [-0.15, -0.1) is 0 Å². The van der Waals surface area contributed by atoms with Crippen molar-refractivity contribution in [1.82, 2.24) is 19.5 Å². The molecule has 3 atom stereocenters. The second-order valence-corrected chi connectivity index (χ2v) is 4.87. The molecule has 1 saturated heterocycles. The first-order valence-electron chi connectivity index (χ1n) is 6.56. The highest BCUT2D eigenvalue weighted by atomic mass is 16.6. The fraction of sp³-hybridized carbons (Fsp3) is 0.583. The van der Waals surface area contributed by atoms with Crippen LogP contribution in [0, 0.1) is 0 Å². The molecule has 0 aliphatic carbocycles. The van der Waals surface area contributed by atoms with Gasteiger partial charge in [-0.1, -0.05) is 0 Å². The summed E-state index contributed by atoms with van der Waals surface area (Å²) >= 11 is 0. The first kappa shape index (κ1) is 14.0. The lowest BCUT2D eigenvalue weighted by molar-refractivity contribution is -0.0592. The van der Waals surface area contributed by atoms with Gasteiger partial charge in [0.15, 0.2) is 17.0 Å². The van der Waals surface area contributed by atoms with Gasteiger partial charge in [0.2, 0.25) is 5.95 Å². The summed E-state index contributed by atoms with van der Waals surface area (Å²) in [6, 6.07) is 0. The van der Waals surface area contributed by atoms with E-state index in [4.69, 9.17) is 25.7 Å². The Balaban J connectivity index is 1.98. The van der Waals surface area contributed by atoms with Crippen LogP contribution in [0.15, 0.2) is 6.33 Å². The van der Waals surface area contributed by atoms with Crippen LogP contribution in [0.2, 0.25) is 0 Å². The molecule has 9 heteroatoms. The number of nitrogens with zero attached hydrogens (tertiary/aromatic N) is 4. The fourth-order valence-electron chi connectivity index (χ4n) is 2.65. The van der Waals surface area contributed by atoms with Crippen LogP contribution < -0.4 is 11.5 Å². The van der Waals surface area contributed by atoms with Crippen LogP contribution in [-0.2, 0) is 14.2 Å². The Hall–Kier alpha value is -1.97. The minimum Gasteiger partial charge on any atom is -0.382 e. The molecule has 0 saturated carbocycles. The molecule has 1 unspecified atom stereocenters. The van der Waals surface area contributed by atoms with Gasteiger partial charge in [-0.05, 0) is 0 Å². The van der Waals surface area contributed by atoms with E-state index in [9.17, 15) is 0 Å². The zero-order chi connectivity index (χ0) is 15.0. The molecular formula is C12H18N6O3. The molecule has 0 radical (unpaired) electrons. The second-order valence-electron chi connectivity index (χ2n) is 4.87. The topological polar surface area (TPSA) is 123 Å². The van der Waals surface area contributed by atoms with Crippen molar-refractivity contribution in [2.45, 2.75) is 24.9 Å². The summed E-state index contributed by atoms with van der Waals surface area (Å²) in [5.74, 6) is 0.579. The van der Waals surface area contributed by atoms with Gasteiger partial charge in [0.25, 0.3) is 0 Å². The van der Waals surface area contributed by atoms with Crippen molar-refractivity contribution >= 4 is 22.9 Å². The predicted molar refractivity (Wildman–Crippen MR) is 75.3 cm³/mol. The summed E-state index contributed by atoms with van der Waals surface area (Å²) < 4.78 is 18.3. The molecule has 9 nitrogen and oxygen atoms in total. The van der Waals surface area contributed by atoms with Crippen LogP contribution >= 0.6 is 0 Å². The largest absolute Gasteiger partial charge is 0.382 e. The van der Waals surface area contributed by atoms with E-state index in [0.29, 0.717) is 30.0 Å². The van der Waals surface area contributed by atoms with E-state index in [0.717, 1.165) is 0 Å². The first-order valence-corrected chi connectivity index (χ1v) is 6.56. The van der Waals surface area contributed by atoms with Crippen molar-refractivity contribution < 1.29 is 14.2 Å². The molecule has 1 fully saturated rings. The number of nitrogen functional groups attached to an aromatic ring is 2. The number of aromatic nitrogens is 4. The molecule has 2 aromatic rings. The Morgan fingerprint density at radius 3 is 2.90 bits per heavy atom. The first-order chi connectivity index (χ1) is 10.2. The van der Waals surface area contributed by atoms with Crippen molar-refractivity contribution in [3.8, 4) is 0 Å². The summed E-state index contributed by atoms with van der Waals surface area (Å²) in [4.78, 5) is 12.3. The second kappa shape index (κ2) is 5.43. The number of methoxy groups -OCH3 is 2. The average Bonchev–Trinajstić information content (AvgIpc) is 3.00. The quantitative estimate of drug-likeness (QED) is 0.803. The number of fused-ring (bicyclic) bond motifs is 1. The molecule has 21 heavy (non-hydrogen) atoms. The number of nitrogens with two attached hydrogens (primary N) is 2. The molecule has 114 valence electrons. The molecule has 2 aromatic heterocycles. The Labute approximate surface area is 121 Å². The van der Waals surface area contributed by atoms with E-state index in [1.165, 1.54) is 6.33 Å². The maximum atomic E-state index is 5.98. The lowest BCUT2D eigenvalue weighted by atomic mass is 10.2. The highest BCUT2D eigenvalue weighted by molar-refractivity contribution is 5.83. The minimum atomic E-state index is -0.325.